The highest BCUT2D eigenvalue weighted by Crippen LogP contribution is 2.11. The van der Waals surface area contributed by atoms with Crippen molar-refractivity contribution in [1.82, 2.24) is 4.90 Å². The van der Waals surface area contributed by atoms with E-state index in [0.717, 1.165) is 0 Å². The van der Waals surface area contributed by atoms with Crippen molar-refractivity contribution in [2.45, 2.75) is 26.1 Å². The summed E-state index contributed by atoms with van der Waals surface area (Å²) < 4.78 is 10.6. The predicted octanol–water partition coefficient (Wildman–Crippen LogP) is 1.06. The van der Waals surface area contributed by atoms with Gasteiger partial charge in [-0.1, -0.05) is 0 Å². The molecule has 0 aliphatic carbocycles. The Bertz CT molecular complexity index is 505. The molecule has 1 amide bonds. The van der Waals surface area contributed by atoms with Crippen LogP contribution < -0.4 is 5.73 Å². The quantitative estimate of drug-likeness (QED) is 0.665. The molecule has 1 aromatic carbocycles. The zero-order chi connectivity index (χ0) is 15.4. The average molecular weight is 292 g/mol. The number of hydrogen-bond donors (Lipinski definition) is 1. The summed E-state index contributed by atoms with van der Waals surface area (Å²) in [5.74, 6) is -0.737. The Kier molecular flexibility index (Phi) is 4.80. The number of amides is 1. The maximum atomic E-state index is 12.1. The number of carbonyl (C=O) groups excluding carboxylic acids is 2. The van der Waals surface area contributed by atoms with E-state index in [9.17, 15) is 9.59 Å². The Morgan fingerprint density at radius 1 is 1.24 bits per heavy atom. The molecule has 2 atom stereocenters. The van der Waals surface area contributed by atoms with E-state index in [4.69, 9.17) is 15.2 Å². The first kappa shape index (κ1) is 15.3. The van der Waals surface area contributed by atoms with Crippen LogP contribution in [0.4, 0.5) is 5.69 Å². The Morgan fingerprint density at radius 3 is 2.38 bits per heavy atom. The summed E-state index contributed by atoms with van der Waals surface area (Å²) in [7, 11) is 0. The summed E-state index contributed by atoms with van der Waals surface area (Å²) in [5, 5.41) is 0. The lowest BCUT2D eigenvalue weighted by Gasteiger charge is -2.35. The fourth-order valence-electron chi connectivity index (χ4n) is 2.30. The van der Waals surface area contributed by atoms with E-state index < -0.39 is 5.97 Å². The molecule has 21 heavy (non-hydrogen) atoms. The van der Waals surface area contributed by atoms with E-state index >= 15 is 0 Å². The molecular formula is C15H20N2O4. The smallest absolute Gasteiger partial charge is 0.338 e. The van der Waals surface area contributed by atoms with Crippen LogP contribution in [0, 0.1) is 0 Å². The van der Waals surface area contributed by atoms with Crippen LogP contribution in [0.25, 0.3) is 0 Å². The Hall–Kier alpha value is -2.08. The number of anilines is 1. The Morgan fingerprint density at radius 2 is 1.81 bits per heavy atom. The molecule has 0 spiro atoms. The second-order valence-corrected chi connectivity index (χ2v) is 5.25. The molecule has 0 saturated carbocycles. The SMILES string of the molecule is C[C@H]1CN(C(=O)COC(=O)c2ccc(N)cc2)C[C@H](C)O1. The molecule has 1 heterocycles. The normalized spacial score (nSPS) is 21.9. The Labute approximate surface area is 123 Å². The van der Waals surface area contributed by atoms with E-state index in [1.165, 1.54) is 0 Å². The zero-order valence-corrected chi connectivity index (χ0v) is 12.2. The molecule has 1 aliphatic heterocycles. The van der Waals surface area contributed by atoms with Gasteiger partial charge in [0.2, 0.25) is 0 Å². The molecule has 6 nitrogen and oxygen atoms in total. The zero-order valence-electron chi connectivity index (χ0n) is 12.2. The van der Waals surface area contributed by atoms with Crippen molar-refractivity contribution < 1.29 is 19.1 Å². The first-order chi connectivity index (χ1) is 9.95. The van der Waals surface area contributed by atoms with Crippen molar-refractivity contribution in [2.24, 2.45) is 0 Å². The first-order valence-corrected chi connectivity index (χ1v) is 6.91. The van der Waals surface area contributed by atoms with Crippen LogP contribution in [-0.4, -0.2) is 48.7 Å². The largest absolute Gasteiger partial charge is 0.452 e. The van der Waals surface area contributed by atoms with Gasteiger partial charge in [-0.25, -0.2) is 4.79 Å². The van der Waals surface area contributed by atoms with Gasteiger partial charge in [-0.15, -0.1) is 0 Å². The van der Waals surface area contributed by atoms with E-state index in [1.807, 2.05) is 13.8 Å². The van der Waals surface area contributed by atoms with Gasteiger partial charge >= 0.3 is 5.97 Å². The van der Waals surface area contributed by atoms with Crippen LogP contribution in [0.15, 0.2) is 24.3 Å². The molecule has 1 saturated heterocycles. The Balaban J connectivity index is 1.86. The molecule has 1 aliphatic rings. The van der Waals surface area contributed by atoms with Gasteiger partial charge < -0.3 is 20.1 Å². The summed E-state index contributed by atoms with van der Waals surface area (Å²) >= 11 is 0. The van der Waals surface area contributed by atoms with Gasteiger partial charge in [-0.05, 0) is 38.1 Å². The minimum Gasteiger partial charge on any atom is -0.452 e. The summed E-state index contributed by atoms with van der Waals surface area (Å²) in [6, 6.07) is 6.37. The highest BCUT2D eigenvalue weighted by molar-refractivity contribution is 5.91. The van der Waals surface area contributed by atoms with E-state index in [1.54, 1.807) is 29.2 Å². The second kappa shape index (κ2) is 6.58. The monoisotopic (exact) mass is 292 g/mol. The van der Waals surface area contributed by atoms with Crippen molar-refractivity contribution in [3.8, 4) is 0 Å². The third-order valence-electron chi connectivity index (χ3n) is 3.25. The number of nitrogens with zero attached hydrogens (tertiary/aromatic N) is 1. The lowest BCUT2D eigenvalue weighted by molar-refractivity contribution is -0.146. The number of rotatable bonds is 3. The van der Waals surface area contributed by atoms with Crippen LogP contribution in [0.5, 0.6) is 0 Å². The van der Waals surface area contributed by atoms with Gasteiger partial charge in [0.05, 0.1) is 17.8 Å². The van der Waals surface area contributed by atoms with Gasteiger partial charge in [0.1, 0.15) is 0 Å². The third-order valence-corrected chi connectivity index (χ3v) is 3.25. The lowest BCUT2D eigenvalue weighted by Crippen LogP contribution is -2.49. The van der Waals surface area contributed by atoms with E-state index in [0.29, 0.717) is 24.3 Å². The fraction of sp³-hybridized carbons (Fsp3) is 0.467. The molecule has 1 fully saturated rings. The van der Waals surface area contributed by atoms with Gasteiger partial charge in [-0.3, -0.25) is 4.79 Å². The summed E-state index contributed by atoms with van der Waals surface area (Å²) in [4.78, 5) is 25.5. The molecule has 114 valence electrons. The fourth-order valence-corrected chi connectivity index (χ4v) is 2.30. The number of hydrogen-bond acceptors (Lipinski definition) is 5. The molecule has 2 rings (SSSR count). The van der Waals surface area contributed by atoms with Crippen LogP contribution in [0.2, 0.25) is 0 Å². The van der Waals surface area contributed by atoms with Gasteiger partial charge in [-0.2, -0.15) is 0 Å². The molecule has 1 aromatic rings. The maximum Gasteiger partial charge on any atom is 0.338 e. The van der Waals surface area contributed by atoms with Crippen LogP contribution >= 0.6 is 0 Å². The number of carbonyl (C=O) groups is 2. The van der Waals surface area contributed by atoms with Gasteiger partial charge in [0.15, 0.2) is 6.61 Å². The predicted molar refractivity (Wildman–Crippen MR) is 77.7 cm³/mol. The van der Waals surface area contributed by atoms with Crippen LogP contribution in [-0.2, 0) is 14.3 Å². The minimum atomic E-state index is -0.530. The van der Waals surface area contributed by atoms with E-state index in [2.05, 4.69) is 0 Å². The van der Waals surface area contributed by atoms with Crippen molar-refractivity contribution in [3.05, 3.63) is 29.8 Å². The number of benzene rings is 1. The van der Waals surface area contributed by atoms with Gasteiger partial charge in [0, 0.05) is 18.8 Å². The number of nitrogen functional groups attached to an aromatic ring is 1. The van der Waals surface area contributed by atoms with Crippen molar-refractivity contribution >= 4 is 17.6 Å². The lowest BCUT2D eigenvalue weighted by atomic mass is 10.2. The summed E-state index contributed by atoms with van der Waals surface area (Å²) in [6.45, 7) is 4.60. The van der Waals surface area contributed by atoms with Crippen molar-refractivity contribution in [3.63, 3.8) is 0 Å². The summed E-state index contributed by atoms with van der Waals surface area (Å²) in [5.41, 5.74) is 6.49. The van der Waals surface area contributed by atoms with Crippen LogP contribution in [0.3, 0.4) is 0 Å². The molecule has 0 bridgehead atoms. The molecule has 0 radical (unpaired) electrons. The van der Waals surface area contributed by atoms with Crippen molar-refractivity contribution in [1.29, 1.82) is 0 Å². The maximum absolute atomic E-state index is 12.1. The van der Waals surface area contributed by atoms with Crippen molar-refractivity contribution in [2.75, 3.05) is 25.4 Å². The average Bonchev–Trinajstić information content (AvgIpc) is 2.44. The number of ether oxygens (including phenoxy) is 2. The van der Waals surface area contributed by atoms with Gasteiger partial charge in [0.25, 0.3) is 5.91 Å². The molecule has 0 unspecified atom stereocenters. The molecular weight excluding hydrogens is 272 g/mol. The highest BCUT2D eigenvalue weighted by Gasteiger charge is 2.26. The number of esters is 1. The van der Waals surface area contributed by atoms with E-state index in [-0.39, 0.29) is 24.7 Å². The minimum absolute atomic E-state index is 0.00880. The molecule has 2 N–H and O–H groups in total. The number of nitrogens with two attached hydrogens (primary N) is 1. The summed E-state index contributed by atoms with van der Waals surface area (Å²) in [6.07, 6.45) is -0.0176. The molecule has 0 aromatic heterocycles. The third kappa shape index (κ3) is 4.19. The first-order valence-electron chi connectivity index (χ1n) is 6.91. The second-order valence-electron chi connectivity index (χ2n) is 5.25. The standard InChI is InChI=1S/C15H20N2O4/c1-10-7-17(8-11(2)21-10)14(18)9-20-15(19)12-3-5-13(16)6-4-12/h3-6,10-11H,7-9,16H2,1-2H3/t10-,11-/m0/s1. The number of morpholine rings is 1. The molecule has 6 heteroatoms. The highest BCUT2D eigenvalue weighted by atomic mass is 16.5. The topological polar surface area (TPSA) is 81.9 Å². The van der Waals surface area contributed by atoms with Crippen LogP contribution in [0.1, 0.15) is 24.2 Å².